The summed E-state index contributed by atoms with van der Waals surface area (Å²) in [6.45, 7) is 4.11. The molecule has 32 heavy (non-hydrogen) atoms. The Kier molecular flexibility index (Phi) is 6.79. The van der Waals surface area contributed by atoms with Gasteiger partial charge in [0.2, 0.25) is 0 Å². The maximum atomic E-state index is 13.7. The van der Waals surface area contributed by atoms with Crippen LogP contribution >= 0.6 is 0 Å². The predicted octanol–water partition coefficient (Wildman–Crippen LogP) is 4.82. The number of ketones is 1. The molecule has 1 aliphatic heterocycles. The van der Waals surface area contributed by atoms with Crippen molar-refractivity contribution in [2.24, 2.45) is 0 Å². The van der Waals surface area contributed by atoms with Gasteiger partial charge in [0.05, 0.1) is 17.5 Å². The minimum absolute atomic E-state index is 0.0196. The fourth-order valence-corrected chi connectivity index (χ4v) is 3.89. The summed E-state index contributed by atoms with van der Waals surface area (Å²) >= 11 is 0. The van der Waals surface area contributed by atoms with Gasteiger partial charge in [-0.15, -0.1) is 0 Å². The topological polar surface area (TPSA) is 65.7 Å². The third-order valence-corrected chi connectivity index (χ3v) is 5.52. The van der Waals surface area contributed by atoms with Crippen LogP contribution in [0.5, 0.6) is 5.75 Å². The molecule has 0 spiro atoms. The highest BCUT2D eigenvalue weighted by atomic mass is 19.2. The Bertz CT molecular complexity index is 1090. The standard InChI is InChI=1S/C24H27F2N3O3/c1-15(2)32-23-11-24-28-21(16-6-8-31-9-7-16)14-29(24)13-17(23)10-22(30)20-5-3-4-19(27-20)18(26)12-25/h3-5,11,13-16,18H,6-10,12H2,1-2H3. The number of halogens is 2. The highest BCUT2D eigenvalue weighted by molar-refractivity contribution is 5.96. The molecule has 3 aromatic heterocycles. The lowest BCUT2D eigenvalue weighted by atomic mass is 9.97. The predicted molar refractivity (Wildman–Crippen MR) is 116 cm³/mol. The number of hydrogen-bond acceptors (Lipinski definition) is 5. The smallest absolute Gasteiger partial charge is 0.185 e. The minimum atomic E-state index is -1.84. The number of pyridine rings is 2. The second-order valence-corrected chi connectivity index (χ2v) is 8.32. The van der Waals surface area contributed by atoms with Crippen LogP contribution in [0.4, 0.5) is 8.78 Å². The second kappa shape index (κ2) is 9.73. The molecule has 1 saturated heterocycles. The van der Waals surface area contributed by atoms with E-state index >= 15 is 0 Å². The highest BCUT2D eigenvalue weighted by Crippen LogP contribution is 2.29. The average molecular weight is 443 g/mol. The summed E-state index contributed by atoms with van der Waals surface area (Å²) in [5.74, 6) is 0.628. The van der Waals surface area contributed by atoms with Crippen molar-refractivity contribution in [1.29, 1.82) is 0 Å². The number of carbonyl (C=O) groups is 1. The number of alkyl halides is 2. The zero-order valence-electron chi connectivity index (χ0n) is 18.3. The van der Waals surface area contributed by atoms with Gasteiger partial charge in [-0.1, -0.05) is 6.07 Å². The van der Waals surface area contributed by atoms with Gasteiger partial charge in [-0.2, -0.15) is 0 Å². The van der Waals surface area contributed by atoms with Crippen LogP contribution in [0, 0.1) is 0 Å². The van der Waals surface area contributed by atoms with Gasteiger partial charge in [0.1, 0.15) is 23.8 Å². The number of nitrogens with zero attached hydrogens (tertiary/aromatic N) is 3. The van der Waals surface area contributed by atoms with E-state index in [0.29, 0.717) is 17.2 Å². The van der Waals surface area contributed by atoms with Crippen LogP contribution in [-0.4, -0.2) is 46.1 Å². The summed E-state index contributed by atoms with van der Waals surface area (Å²) in [5.41, 5.74) is 2.45. The number of carbonyl (C=O) groups excluding carboxylic acids is 1. The van der Waals surface area contributed by atoms with Crippen LogP contribution in [0.3, 0.4) is 0 Å². The second-order valence-electron chi connectivity index (χ2n) is 8.32. The number of aromatic nitrogens is 3. The summed E-state index contributed by atoms with van der Waals surface area (Å²) in [7, 11) is 0. The summed E-state index contributed by atoms with van der Waals surface area (Å²) < 4.78 is 39.7. The van der Waals surface area contributed by atoms with Gasteiger partial charge in [0.25, 0.3) is 0 Å². The van der Waals surface area contributed by atoms with Crippen molar-refractivity contribution >= 4 is 11.4 Å². The van der Waals surface area contributed by atoms with Gasteiger partial charge in [-0.3, -0.25) is 4.79 Å². The zero-order chi connectivity index (χ0) is 22.7. The molecule has 0 radical (unpaired) electrons. The van der Waals surface area contributed by atoms with Crippen LogP contribution in [0.1, 0.15) is 66.2 Å². The fourth-order valence-electron chi connectivity index (χ4n) is 3.89. The van der Waals surface area contributed by atoms with Crippen molar-refractivity contribution in [2.45, 2.75) is 51.3 Å². The number of Topliss-reactive ketones (excluding diaryl/α,β-unsaturated/α-hetero) is 1. The molecule has 170 valence electrons. The van der Waals surface area contributed by atoms with E-state index < -0.39 is 12.8 Å². The maximum Gasteiger partial charge on any atom is 0.185 e. The number of ether oxygens (including phenoxy) is 2. The number of fused-ring (bicyclic) bond motifs is 1. The lowest BCUT2D eigenvalue weighted by Crippen LogP contribution is -2.14. The lowest BCUT2D eigenvalue weighted by molar-refractivity contribution is 0.0846. The van der Waals surface area contributed by atoms with Crippen LogP contribution in [0.25, 0.3) is 5.65 Å². The Hall–Kier alpha value is -2.87. The van der Waals surface area contributed by atoms with E-state index in [0.717, 1.165) is 37.4 Å². The molecular weight excluding hydrogens is 416 g/mol. The molecule has 4 heterocycles. The van der Waals surface area contributed by atoms with Crippen LogP contribution < -0.4 is 4.74 Å². The molecule has 1 aliphatic rings. The first-order valence-electron chi connectivity index (χ1n) is 10.9. The van der Waals surface area contributed by atoms with Gasteiger partial charge in [0, 0.05) is 49.6 Å². The Morgan fingerprint density at radius 2 is 2.03 bits per heavy atom. The molecule has 3 aromatic rings. The molecule has 4 rings (SSSR count). The van der Waals surface area contributed by atoms with Gasteiger partial charge >= 0.3 is 0 Å². The normalized spacial score (nSPS) is 15.9. The van der Waals surface area contributed by atoms with Crippen molar-refractivity contribution in [2.75, 3.05) is 19.9 Å². The summed E-state index contributed by atoms with van der Waals surface area (Å²) in [4.78, 5) is 21.7. The molecule has 0 aromatic carbocycles. The van der Waals surface area contributed by atoms with Crippen molar-refractivity contribution in [3.63, 3.8) is 0 Å². The fraction of sp³-hybridized carbons (Fsp3) is 0.458. The summed E-state index contributed by atoms with van der Waals surface area (Å²) in [6, 6.07) is 6.25. The van der Waals surface area contributed by atoms with Gasteiger partial charge < -0.3 is 13.9 Å². The third kappa shape index (κ3) is 4.96. The molecule has 0 N–H and O–H groups in total. The SMILES string of the molecule is CC(C)Oc1cc2nc(C3CCOCC3)cn2cc1CC(=O)c1cccc(C(F)CF)n1. The highest BCUT2D eigenvalue weighted by Gasteiger charge is 2.21. The van der Waals surface area contributed by atoms with Crippen molar-refractivity contribution < 1.29 is 23.0 Å². The molecule has 1 fully saturated rings. The monoisotopic (exact) mass is 443 g/mol. The van der Waals surface area contributed by atoms with Crippen LogP contribution in [0.15, 0.2) is 36.7 Å². The Morgan fingerprint density at radius 3 is 2.75 bits per heavy atom. The molecule has 0 bridgehead atoms. The first kappa shape index (κ1) is 22.3. The van der Waals surface area contributed by atoms with Crippen LogP contribution in [-0.2, 0) is 11.2 Å². The first-order chi connectivity index (χ1) is 15.4. The van der Waals surface area contributed by atoms with E-state index in [1.165, 1.54) is 18.2 Å². The number of imidazole rings is 1. The van der Waals surface area contributed by atoms with Gasteiger partial charge in [-0.25, -0.2) is 18.7 Å². The van der Waals surface area contributed by atoms with E-state index in [1.807, 2.05) is 36.7 Å². The van der Waals surface area contributed by atoms with E-state index in [2.05, 4.69) is 4.98 Å². The van der Waals surface area contributed by atoms with Crippen LogP contribution in [0.2, 0.25) is 0 Å². The molecule has 1 unspecified atom stereocenters. The molecule has 0 saturated carbocycles. The Labute approximate surface area is 185 Å². The number of hydrogen-bond donors (Lipinski definition) is 0. The molecular formula is C24H27F2N3O3. The molecule has 0 aliphatic carbocycles. The first-order valence-corrected chi connectivity index (χ1v) is 10.9. The van der Waals surface area contributed by atoms with Crippen molar-refractivity contribution in [3.05, 3.63) is 59.3 Å². The molecule has 6 nitrogen and oxygen atoms in total. The number of rotatable bonds is 8. The zero-order valence-corrected chi connectivity index (χ0v) is 18.3. The third-order valence-electron chi connectivity index (χ3n) is 5.52. The summed E-state index contributed by atoms with van der Waals surface area (Å²) in [6.07, 6.45) is 3.80. The molecule has 1 atom stereocenters. The van der Waals surface area contributed by atoms with E-state index in [9.17, 15) is 13.6 Å². The Balaban J connectivity index is 1.64. The van der Waals surface area contributed by atoms with E-state index in [-0.39, 0.29) is 29.7 Å². The minimum Gasteiger partial charge on any atom is -0.491 e. The quantitative estimate of drug-likeness (QED) is 0.467. The maximum absolute atomic E-state index is 13.7. The van der Waals surface area contributed by atoms with E-state index in [4.69, 9.17) is 14.5 Å². The molecule has 8 heteroatoms. The van der Waals surface area contributed by atoms with E-state index in [1.54, 1.807) is 0 Å². The Morgan fingerprint density at radius 1 is 1.25 bits per heavy atom. The van der Waals surface area contributed by atoms with Gasteiger partial charge in [0.15, 0.2) is 12.0 Å². The van der Waals surface area contributed by atoms with Crippen molar-refractivity contribution in [1.82, 2.24) is 14.4 Å². The largest absolute Gasteiger partial charge is 0.491 e. The average Bonchev–Trinajstić information content (AvgIpc) is 3.21. The van der Waals surface area contributed by atoms with Gasteiger partial charge in [-0.05, 0) is 38.8 Å². The van der Waals surface area contributed by atoms with Crippen molar-refractivity contribution in [3.8, 4) is 5.75 Å². The lowest BCUT2D eigenvalue weighted by Gasteiger charge is -2.19. The summed E-state index contributed by atoms with van der Waals surface area (Å²) in [5, 5.41) is 0. The molecule has 0 amide bonds.